The third-order valence-electron chi connectivity index (χ3n) is 9.84. The summed E-state index contributed by atoms with van der Waals surface area (Å²) in [5.41, 5.74) is 3.13. The molecule has 0 unspecified atom stereocenters. The Morgan fingerprint density at radius 2 is 1.52 bits per heavy atom. The second-order valence-electron chi connectivity index (χ2n) is 14.8. The molecule has 3 amide bonds. The molecule has 2 fully saturated rings. The van der Waals surface area contributed by atoms with E-state index in [1.54, 1.807) is 18.2 Å². The van der Waals surface area contributed by atoms with Gasteiger partial charge in [0.2, 0.25) is 5.91 Å². The molecule has 1 heterocycles. The summed E-state index contributed by atoms with van der Waals surface area (Å²) < 4.78 is 0. The van der Waals surface area contributed by atoms with Crippen molar-refractivity contribution in [1.82, 2.24) is 20.9 Å². The van der Waals surface area contributed by atoms with Crippen molar-refractivity contribution in [2.45, 2.75) is 96.5 Å². The lowest BCUT2D eigenvalue weighted by molar-refractivity contribution is -0.132. The van der Waals surface area contributed by atoms with Crippen LogP contribution in [-0.2, 0) is 17.8 Å². The number of aliphatic hydroxyl groups is 1. The molecule has 1 aliphatic carbocycles. The van der Waals surface area contributed by atoms with Gasteiger partial charge < -0.3 is 21.1 Å². The zero-order valence-corrected chi connectivity index (χ0v) is 28.9. The third kappa shape index (κ3) is 9.54. The lowest BCUT2D eigenvalue weighted by atomic mass is 9.72. The Labute approximate surface area is 285 Å². The van der Waals surface area contributed by atoms with Crippen LogP contribution in [0.5, 0.6) is 0 Å². The molecule has 8 heteroatoms. The van der Waals surface area contributed by atoms with E-state index in [0.29, 0.717) is 35.9 Å². The van der Waals surface area contributed by atoms with E-state index < -0.39 is 12.1 Å². The molecule has 2 aliphatic rings. The highest BCUT2D eigenvalue weighted by molar-refractivity contribution is 6.00. The highest BCUT2D eigenvalue weighted by atomic mass is 16.3. The van der Waals surface area contributed by atoms with Crippen molar-refractivity contribution in [2.75, 3.05) is 13.1 Å². The highest BCUT2D eigenvalue weighted by Crippen LogP contribution is 2.39. The van der Waals surface area contributed by atoms with Gasteiger partial charge in [-0.05, 0) is 87.6 Å². The van der Waals surface area contributed by atoms with Gasteiger partial charge in [-0.15, -0.1) is 0 Å². The fraction of sp³-hybridized carbons (Fsp3) is 0.475. The Morgan fingerprint density at radius 3 is 2.19 bits per heavy atom. The Hall–Kier alpha value is -4.01. The number of rotatable bonds is 11. The van der Waals surface area contributed by atoms with Crippen LogP contribution in [0.1, 0.15) is 90.3 Å². The summed E-state index contributed by atoms with van der Waals surface area (Å²) in [6.07, 6.45) is 4.97. The molecule has 1 saturated carbocycles. The maximum Gasteiger partial charge on any atom is 0.251 e. The van der Waals surface area contributed by atoms with E-state index in [1.807, 2.05) is 88.4 Å². The zero-order valence-electron chi connectivity index (χ0n) is 28.9. The summed E-state index contributed by atoms with van der Waals surface area (Å²) in [6, 6.07) is 23.7. The normalized spacial score (nSPS) is 21.0. The minimum atomic E-state index is -0.933. The molecule has 0 spiro atoms. The van der Waals surface area contributed by atoms with Crippen LogP contribution < -0.4 is 16.0 Å². The first-order valence-corrected chi connectivity index (χ1v) is 17.5. The number of fused-ring (bicyclic) bond motifs is 1. The molecule has 0 aromatic heterocycles. The minimum Gasteiger partial charge on any atom is -0.390 e. The lowest BCUT2D eigenvalue weighted by Gasteiger charge is -2.47. The van der Waals surface area contributed by atoms with Crippen LogP contribution in [0.3, 0.4) is 0 Å². The quantitative estimate of drug-likeness (QED) is 0.221. The predicted molar refractivity (Wildman–Crippen MR) is 190 cm³/mol. The molecule has 0 bridgehead atoms. The standard InChI is InChI=1S/C40H52N4O4/c1-27-19-20-31(37(46)41-24-29-15-9-6-10-16-29)22-33(27)38(47)42-34(21-28-13-7-5-8-14-28)36(45)26-44-25-32-18-12-11-17-30(32)23-35(44)39(48)43-40(2,3)4/h5-10,13-16,19-20,22,30,32,34-36,45H,11-12,17-18,21,23-26H2,1-4H3,(H,41,46)(H,42,47)(H,43,48)/t30-,32+,34-,35-,36-/m0/s1. The highest BCUT2D eigenvalue weighted by Gasteiger charge is 2.41. The summed E-state index contributed by atoms with van der Waals surface area (Å²) in [6.45, 7) is 9.23. The zero-order chi connectivity index (χ0) is 34.3. The van der Waals surface area contributed by atoms with Gasteiger partial charge >= 0.3 is 0 Å². The number of amides is 3. The molecule has 5 rings (SSSR count). The van der Waals surface area contributed by atoms with Gasteiger partial charge in [-0.1, -0.05) is 86.0 Å². The number of β-amino-alcohol motifs (C(OH)–C–C–N with tert-alkyl or cyclic N) is 1. The van der Waals surface area contributed by atoms with Crippen molar-refractivity contribution in [3.8, 4) is 0 Å². The summed E-state index contributed by atoms with van der Waals surface area (Å²) in [5, 5.41) is 21.1. The molecule has 3 aromatic carbocycles. The fourth-order valence-corrected chi connectivity index (χ4v) is 7.28. The van der Waals surface area contributed by atoms with Gasteiger partial charge in [0, 0.05) is 36.3 Å². The fourth-order valence-electron chi connectivity index (χ4n) is 7.28. The maximum absolute atomic E-state index is 13.9. The summed E-state index contributed by atoms with van der Waals surface area (Å²) in [7, 11) is 0. The first-order valence-electron chi connectivity index (χ1n) is 17.5. The van der Waals surface area contributed by atoms with E-state index >= 15 is 0 Å². The number of nitrogens with one attached hydrogen (secondary N) is 3. The predicted octanol–water partition coefficient (Wildman–Crippen LogP) is 5.42. The van der Waals surface area contributed by atoms with Gasteiger partial charge in [-0.3, -0.25) is 19.3 Å². The first-order chi connectivity index (χ1) is 23.0. The van der Waals surface area contributed by atoms with E-state index in [0.717, 1.165) is 42.5 Å². The monoisotopic (exact) mass is 652 g/mol. The van der Waals surface area contributed by atoms with Gasteiger partial charge in [0.1, 0.15) is 0 Å². The Kier molecular flexibility index (Phi) is 11.7. The number of aliphatic hydroxyl groups excluding tert-OH is 1. The Bertz CT molecular complexity index is 1540. The number of carbonyl (C=O) groups excluding carboxylic acids is 3. The Balaban J connectivity index is 1.34. The molecule has 48 heavy (non-hydrogen) atoms. The van der Waals surface area contributed by atoms with Gasteiger partial charge in [0.05, 0.1) is 18.2 Å². The number of piperidine rings is 1. The summed E-state index contributed by atoms with van der Waals surface area (Å²) in [4.78, 5) is 42.7. The average molecular weight is 653 g/mol. The van der Waals surface area contributed by atoms with E-state index in [1.165, 1.54) is 12.8 Å². The Morgan fingerprint density at radius 1 is 0.875 bits per heavy atom. The second-order valence-corrected chi connectivity index (χ2v) is 14.8. The van der Waals surface area contributed by atoms with Gasteiger partial charge in [0.25, 0.3) is 11.8 Å². The van der Waals surface area contributed by atoms with Crippen molar-refractivity contribution in [1.29, 1.82) is 0 Å². The number of carbonyl (C=O) groups is 3. The number of aryl methyl sites for hydroxylation is 1. The molecule has 5 atom stereocenters. The van der Waals surface area contributed by atoms with Crippen LogP contribution in [0.25, 0.3) is 0 Å². The molecule has 1 saturated heterocycles. The molecule has 256 valence electrons. The van der Waals surface area contributed by atoms with Crippen molar-refractivity contribution in [3.05, 3.63) is 107 Å². The van der Waals surface area contributed by atoms with Crippen molar-refractivity contribution >= 4 is 17.7 Å². The van der Waals surface area contributed by atoms with Gasteiger partial charge in [-0.25, -0.2) is 0 Å². The van der Waals surface area contributed by atoms with Crippen LogP contribution in [0.15, 0.2) is 78.9 Å². The van der Waals surface area contributed by atoms with Crippen molar-refractivity contribution in [2.24, 2.45) is 11.8 Å². The minimum absolute atomic E-state index is 0.000323. The van der Waals surface area contributed by atoms with Crippen LogP contribution in [0.4, 0.5) is 0 Å². The molecule has 3 aromatic rings. The molecule has 4 N–H and O–H groups in total. The van der Waals surface area contributed by atoms with E-state index in [4.69, 9.17) is 0 Å². The van der Waals surface area contributed by atoms with Crippen LogP contribution in [0.2, 0.25) is 0 Å². The van der Waals surface area contributed by atoms with Crippen molar-refractivity contribution in [3.63, 3.8) is 0 Å². The largest absolute Gasteiger partial charge is 0.390 e. The first kappa shape index (κ1) is 35.3. The van der Waals surface area contributed by atoms with Crippen molar-refractivity contribution < 1.29 is 19.5 Å². The maximum atomic E-state index is 13.9. The number of benzene rings is 3. The van der Waals surface area contributed by atoms with E-state index in [9.17, 15) is 19.5 Å². The number of hydrogen-bond acceptors (Lipinski definition) is 5. The lowest BCUT2D eigenvalue weighted by Crippen LogP contribution is -2.60. The molecular weight excluding hydrogens is 600 g/mol. The number of nitrogens with zero attached hydrogens (tertiary/aromatic N) is 1. The second kappa shape index (κ2) is 15.9. The summed E-state index contributed by atoms with van der Waals surface area (Å²) >= 11 is 0. The smallest absolute Gasteiger partial charge is 0.251 e. The molecule has 8 nitrogen and oxygen atoms in total. The third-order valence-corrected chi connectivity index (χ3v) is 9.84. The number of likely N-dealkylation sites (tertiary alicyclic amines) is 1. The molecular formula is C40H52N4O4. The van der Waals surface area contributed by atoms with Crippen LogP contribution in [0, 0.1) is 18.8 Å². The number of hydrogen-bond donors (Lipinski definition) is 4. The molecule has 0 radical (unpaired) electrons. The summed E-state index contributed by atoms with van der Waals surface area (Å²) in [5.74, 6) is 0.408. The van der Waals surface area contributed by atoms with Crippen LogP contribution >= 0.6 is 0 Å². The van der Waals surface area contributed by atoms with E-state index in [2.05, 4.69) is 20.9 Å². The topological polar surface area (TPSA) is 111 Å². The SMILES string of the molecule is Cc1ccc(C(=O)NCc2ccccc2)cc1C(=O)N[C@@H](Cc1ccccc1)[C@@H](O)CN1C[C@H]2CCCC[C@H]2C[C@H]1C(=O)NC(C)(C)C. The van der Waals surface area contributed by atoms with Gasteiger partial charge in [-0.2, -0.15) is 0 Å². The van der Waals surface area contributed by atoms with E-state index in [-0.39, 0.29) is 35.8 Å². The molecule has 1 aliphatic heterocycles. The van der Waals surface area contributed by atoms with Crippen LogP contribution in [-0.4, -0.2) is 64.5 Å². The average Bonchev–Trinajstić information content (AvgIpc) is 3.06. The van der Waals surface area contributed by atoms with Gasteiger partial charge in [0.15, 0.2) is 0 Å².